The molecule has 176 valence electrons. The number of thiazole rings is 1. The number of rotatable bonds is 6. The molecular formula is C26H29N5O2S. The van der Waals surface area contributed by atoms with E-state index < -0.39 is 5.60 Å². The Morgan fingerprint density at radius 3 is 2.47 bits per heavy atom. The first-order valence-corrected chi connectivity index (χ1v) is 12.4. The highest BCUT2D eigenvalue weighted by Crippen LogP contribution is 2.40. The molecule has 4 rings (SSSR count). The number of benzene rings is 1. The third-order valence-electron chi connectivity index (χ3n) is 6.12. The molecule has 1 atom stereocenters. The van der Waals surface area contributed by atoms with E-state index in [0.717, 1.165) is 52.3 Å². The smallest absolute Gasteiger partial charge is 0.323 e. The van der Waals surface area contributed by atoms with Crippen LogP contribution in [0.2, 0.25) is 0 Å². The molecule has 1 aliphatic heterocycles. The third-order valence-corrected chi connectivity index (χ3v) is 7.14. The van der Waals surface area contributed by atoms with Gasteiger partial charge in [-0.2, -0.15) is 5.26 Å². The summed E-state index contributed by atoms with van der Waals surface area (Å²) in [5.74, 6) is 0. The Morgan fingerprint density at radius 1 is 1.21 bits per heavy atom. The molecule has 0 unspecified atom stereocenters. The van der Waals surface area contributed by atoms with Crippen molar-refractivity contribution in [3.05, 3.63) is 53.3 Å². The number of amides is 2. The molecule has 2 aromatic heterocycles. The van der Waals surface area contributed by atoms with Gasteiger partial charge in [-0.25, -0.2) is 9.78 Å². The van der Waals surface area contributed by atoms with Crippen molar-refractivity contribution in [2.24, 2.45) is 0 Å². The maximum absolute atomic E-state index is 13.0. The average molecular weight is 476 g/mol. The standard InChI is InChI=1S/C26H29N5O2S/c1-5-19-13-18(14-20(6-2)28-19)23-22(17-9-7-8-16(12-17)15-27)29-24(34-23)30-25(32)31-11-10-21(31)26(3,4)33/h7-9,12-14,21,33H,5-6,10-11H2,1-4H3,(H,29,30,32)/t21-/m1/s1. The highest BCUT2D eigenvalue weighted by molar-refractivity contribution is 7.19. The minimum atomic E-state index is -0.962. The molecule has 1 fully saturated rings. The fourth-order valence-electron chi connectivity index (χ4n) is 4.17. The fourth-order valence-corrected chi connectivity index (χ4v) is 5.14. The number of urea groups is 1. The number of hydrogen-bond donors (Lipinski definition) is 2. The van der Waals surface area contributed by atoms with E-state index >= 15 is 0 Å². The predicted octanol–water partition coefficient (Wildman–Crippen LogP) is 5.25. The average Bonchev–Trinajstić information content (AvgIpc) is 3.20. The summed E-state index contributed by atoms with van der Waals surface area (Å²) in [6.07, 6.45) is 2.40. The topological polar surface area (TPSA) is 102 Å². The molecule has 1 aliphatic rings. The number of nitrogens with one attached hydrogen (secondary N) is 1. The number of aromatic nitrogens is 2. The summed E-state index contributed by atoms with van der Waals surface area (Å²) in [5, 5.41) is 23.1. The van der Waals surface area contributed by atoms with Crippen LogP contribution in [0.4, 0.5) is 9.93 Å². The van der Waals surface area contributed by atoms with E-state index in [-0.39, 0.29) is 12.1 Å². The Bertz CT molecular complexity index is 1230. The minimum absolute atomic E-state index is 0.224. The summed E-state index contributed by atoms with van der Waals surface area (Å²) in [7, 11) is 0. The Labute approximate surface area is 204 Å². The molecule has 3 heterocycles. The first-order valence-electron chi connectivity index (χ1n) is 11.5. The van der Waals surface area contributed by atoms with Crippen molar-refractivity contribution < 1.29 is 9.90 Å². The zero-order chi connectivity index (χ0) is 24.5. The molecule has 0 bridgehead atoms. The van der Waals surface area contributed by atoms with Gasteiger partial charge in [-0.3, -0.25) is 10.3 Å². The number of hydrogen-bond acceptors (Lipinski definition) is 6. The molecule has 1 aromatic carbocycles. The summed E-state index contributed by atoms with van der Waals surface area (Å²) in [5.41, 5.74) is 4.12. The van der Waals surface area contributed by atoms with E-state index in [0.29, 0.717) is 17.2 Å². The first-order chi connectivity index (χ1) is 16.2. The second kappa shape index (κ2) is 9.53. The van der Waals surface area contributed by atoms with E-state index in [1.54, 1.807) is 24.8 Å². The van der Waals surface area contributed by atoms with E-state index in [2.05, 4.69) is 37.4 Å². The number of anilines is 1. The lowest BCUT2D eigenvalue weighted by molar-refractivity contribution is -0.0456. The van der Waals surface area contributed by atoms with E-state index in [4.69, 9.17) is 9.97 Å². The lowest BCUT2D eigenvalue weighted by atomic mass is 9.88. The number of pyridine rings is 1. The largest absolute Gasteiger partial charge is 0.388 e. The summed E-state index contributed by atoms with van der Waals surface area (Å²) < 4.78 is 0. The van der Waals surface area contributed by atoms with Crippen molar-refractivity contribution in [1.82, 2.24) is 14.9 Å². The van der Waals surface area contributed by atoms with Crippen LogP contribution in [0.25, 0.3) is 21.7 Å². The van der Waals surface area contributed by atoms with Crippen LogP contribution in [0.15, 0.2) is 36.4 Å². The Kier molecular flexibility index (Phi) is 6.69. The van der Waals surface area contributed by atoms with Gasteiger partial charge >= 0.3 is 6.03 Å². The Balaban J connectivity index is 1.75. The molecule has 0 spiro atoms. The molecule has 34 heavy (non-hydrogen) atoms. The SMILES string of the molecule is CCc1cc(-c2sc(NC(=O)N3CC[C@@H]3C(C)(C)O)nc2-c2cccc(C#N)c2)cc(CC)n1. The molecule has 0 saturated carbocycles. The lowest BCUT2D eigenvalue weighted by Crippen LogP contribution is -2.61. The number of likely N-dealkylation sites (tertiary alicyclic amines) is 1. The predicted molar refractivity (Wildman–Crippen MR) is 135 cm³/mol. The number of nitrogens with zero attached hydrogens (tertiary/aromatic N) is 4. The van der Waals surface area contributed by atoms with Crippen LogP contribution in [0, 0.1) is 11.3 Å². The van der Waals surface area contributed by atoms with Crippen LogP contribution in [-0.4, -0.2) is 44.2 Å². The highest BCUT2D eigenvalue weighted by Gasteiger charge is 2.42. The molecule has 1 saturated heterocycles. The molecule has 2 amide bonds. The van der Waals surface area contributed by atoms with Gasteiger partial charge in [-0.1, -0.05) is 37.3 Å². The van der Waals surface area contributed by atoms with Crippen LogP contribution in [-0.2, 0) is 12.8 Å². The van der Waals surface area contributed by atoms with Crippen LogP contribution in [0.3, 0.4) is 0 Å². The van der Waals surface area contributed by atoms with E-state index in [9.17, 15) is 15.2 Å². The lowest BCUT2D eigenvalue weighted by Gasteiger charge is -2.46. The molecule has 8 heteroatoms. The van der Waals surface area contributed by atoms with E-state index in [1.165, 1.54) is 11.3 Å². The van der Waals surface area contributed by atoms with Crippen molar-refractivity contribution >= 4 is 22.5 Å². The molecular weight excluding hydrogens is 446 g/mol. The number of nitriles is 1. The zero-order valence-corrected chi connectivity index (χ0v) is 20.7. The summed E-state index contributed by atoms with van der Waals surface area (Å²) in [4.78, 5) is 25.0. The minimum Gasteiger partial charge on any atom is -0.388 e. The highest BCUT2D eigenvalue weighted by atomic mass is 32.1. The van der Waals surface area contributed by atoms with Gasteiger partial charge in [-0.15, -0.1) is 0 Å². The van der Waals surface area contributed by atoms with Gasteiger partial charge in [0.2, 0.25) is 0 Å². The summed E-state index contributed by atoms with van der Waals surface area (Å²) >= 11 is 1.41. The van der Waals surface area contributed by atoms with Crippen LogP contribution in [0.1, 0.15) is 51.1 Å². The van der Waals surface area contributed by atoms with Crippen LogP contribution >= 0.6 is 11.3 Å². The van der Waals surface area contributed by atoms with Gasteiger partial charge in [0.1, 0.15) is 0 Å². The van der Waals surface area contributed by atoms with Crippen molar-refractivity contribution in [1.29, 1.82) is 5.26 Å². The quantitative estimate of drug-likeness (QED) is 0.507. The molecule has 0 aliphatic carbocycles. The zero-order valence-electron chi connectivity index (χ0n) is 19.9. The second-order valence-electron chi connectivity index (χ2n) is 9.02. The first kappa shape index (κ1) is 23.9. The van der Waals surface area contributed by atoms with Gasteiger partial charge in [0.15, 0.2) is 5.13 Å². The number of carbonyl (C=O) groups excluding carboxylic acids is 1. The third kappa shape index (κ3) is 4.81. The normalized spacial score (nSPS) is 15.5. The maximum Gasteiger partial charge on any atom is 0.323 e. The molecule has 3 aromatic rings. The second-order valence-corrected chi connectivity index (χ2v) is 10.0. The van der Waals surface area contributed by atoms with Crippen LogP contribution < -0.4 is 5.32 Å². The summed E-state index contributed by atoms with van der Waals surface area (Å²) in [6, 6.07) is 13.2. The van der Waals surface area contributed by atoms with Crippen molar-refractivity contribution in [2.45, 2.75) is 58.6 Å². The number of aliphatic hydroxyl groups is 1. The van der Waals surface area contributed by atoms with Crippen molar-refractivity contribution in [3.8, 4) is 27.8 Å². The van der Waals surface area contributed by atoms with Gasteiger partial charge in [-0.05, 0) is 62.9 Å². The van der Waals surface area contributed by atoms with Gasteiger partial charge < -0.3 is 10.0 Å². The van der Waals surface area contributed by atoms with Gasteiger partial charge in [0.25, 0.3) is 0 Å². The van der Waals surface area contributed by atoms with Gasteiger partial charge in [0.05, 0.1) is 33.8 Å². The molecule has 7 nitrogen and oxygen atoms in total. The Morgan fingerprint density at radius 2 is 1.91 bits per heavy atom. The van der Waals surface area contributed by atoms with Gasteiger partial charge in [0, 0.05) is 23.5 Å². The van der Waals surface area contributed by atoms with Crippen molar-refractivity contribution in [3.63, 3.8) is 0 Å². The fraction of sp³-hybridized carbons (Fsp3) is 0.385. The summed E-state index contributed by atoms with van der Waals surface area (Å²) in [6.45, 7) is 8.19. The van der Waals surface area contributed by atoms with Crippen molar-refractivity contribution in [2.75, 3.05) is 11.9 Å². The van der Waals surface area contributed by atoms with E-state index in [1.807, 2.05) is 18.2 Å². The number of aryl methyl sites for hydroxylation is 2. The van der Waals surface area contributed by atoms with Crippen LogP contribution in [0.5, 0.6) is 0 Å². The molecule has 0 radical (unpaired) electrons. The molecule has 2 N–H and O–H groups in total. The Hall–Kier alpha value is -3.28. The number of carbonyl (C=O) groups is 1. The maximum atomic E-state index is 13.0. The monoisotopic (exact) mass is 475 g/mol.